The Balaban J connectivity index is 2.24. The fourth-order valence-corrected chi connectivity index (χ4v) is 1.89. The molecule has 0 aliphatic carbocycles. The zero-order valence-electron chi connectivity index (χ0n) is 11.0. The van der Waals surface area contributed by atoms with Gasteiger partial charge in [0.1, 0.15) is 5.82 Å². The van der Waals surface area contributed by atoms with Crippen LogP contribution in [0.2, 0.25) is 0 Å². The van der Waals surface area contributed by atoms with Crippen molar-refractivity contribution in [1.82, 2.24) is 14.8 Å². The second-order valence-electron chi connectivity index (χ2n) is 4.28. The Hall–Kier alpha value is -2.04. The molecule has 0 radical (unpaired) electrons. The maximum absolute atomic E-state index is 6.04. The molecule has 1 atom stereocenters. The van der Waals surface area contributed by atoms with Crippen molar-refractivity contribution in [3.8, 4) is 0 Å². The molecule has 5 heteroatoms. The predicted octanol–water partition coefficient (Wildman–Crippen LogP) is 2.36. The van der Waals surface area contributed by atoms with Crippen molar-refractivity contribution in [2.45, 2.75) is 33.4 Å². The number of rotatable bonds is 4. The summed E-state index contributed by atoms with van der Waals surface area (Å²) in [5.74, 6) is 0.869. The SMILES string of the molecule is CCn1nc(C)c(N)c1NC(C)c1ccccn1. The van der Waals surface area contributed by atoms with Gasteiger partial charge >= 0.3 is 0 Å². The van der Waals surface area contributed by atoms with E-state index in [9.17, 15) is 0 Å². The highest BCUT2D eigenvalue weighted by Crippen LogP contribution is 2.26. The van der Waals surface area contributed by atoms with Crippen LogP contribution in [0.1, 0.15) is 31.3 Å². The molecule has 2 aromatic heterocycles. The Labute approximate surface area is 107 Å². The Kier molecular flexibility index (Phi) is 3.50. The van der Waals surface area contributed by atoms with Crippen LogP contribution in [-0.4, -0.2) is 14.8 Å². The molecule has 0 bridgehead atoms. The van der Waals surface area contributed by atoms with Crippen molar-refractivity contribution in [2.75, 3.05) is 11.1 Å². The summed E-state index contributed by atoms with van der Waals surface area (Å²) in [6.07, 6.45) is 1.79. The highest BCUT2D eigenvalue weighted by Gasteiger charge is 2.14. The van der Waals surface area contributed by atoms with Crippen molar-refractivity contribution in [2.24, 2.45) is 0 Å². The van der Waals surface area contributed by atoms with Gasteiger partial charge in [0.15, 0.2) is 0 Å². The number of pyridine rings is 1. The first kappa shape index (κ1) is 12.4. The summed E-state index contributed by atoms with van der Waals surface area (Å²) >= 11 is 0. The van der Waals surface area contributed by atoms with Gasteiger partial charge in [-0.2, -0.15) is 5.10 Å². The third-order valence-electron chi connectivity index (χ3n) is 2.96. The number of anilines is 2. The second kappa shape index (κ2) is 5.08. The van der Waals surface area contributed by atoms with Crippen molar-refractivity contribution in [1.29, 1.82) is 0 Å². The molecule has 0 spiro atoms. The smallest absolute Gasteiger partial charge is 0.148 e. The van der Waals surface area contributed by atoms with E-state index in [1.54, 1.807) is 6.20 Å². The molecule has 96 valence electrons. The Morgan fingerprint density at radius 2 is 2.22 bits per heavy atom. The first-order valence-corrected chi connectivity index (χ1v) is 6.13. The fraction of sp³-hybridized carbons (Fsp3) is 0.385. The summed E-state index contributed by atoms with van der Waals surface area (Å²) in [7, 11) is 0. The molecule has 0 saturated carbocycles. The summed E-state index contributed by atoms with van der Waals surface area (Å²) in [6, 6.07) is 5.97. The zero-order valence-corrected chi connectivity index (χ0v) is 11.0. The van der Waals surface area contributed by atoms with E-state index >= 15 is 0 Å². The lowest BCUT2D eigenvalue weighted by atomic mass is 10.2. The minimum absolute atomic E-state index is 0.0925. The van der Waals surface area contributed by atoms with Gasteiger partial charge in [0.2, 0.25) is 0 Å². The maximum Gasteiger partial charge on any atom is 0.148 e. The molecule has 2 rings (SSSR count). The summed E-state index contributed by atoms with van der Waals surface area (Å²) < 4.78 is 1.88. The molecule has 0 aromatic carbocycles. The highest BCUT2D eigenvalue weighted by molar-refractivity contribution is 5.65. The van der Waals surface area contributed by atoms with Crippen molar-refractivity contribution < 1.29 is 0 Å². The topological polar surface area (TPSA) is 68.8 Å². The number of hydrogen-bond donors (Lipinski definition) is 2. The molecule has 0 aliphatic rings. The summed E-state index contributed by atoms with van der Waals surface area (Å²) in [6.45, 7) is 6.81. The van der Waals surface area contributed by atoms with Gasteiger partial charge in [-0.25, -0.2) is 4.68 Å². The van der Waals surface area contributed by atoms with E-state index in [0.717, 1.165) is 23.8 Å². The first-order chi connectivity index (χ1) is 8.63. The van der Waals surface area contributed by atoms with Crippen LogP contribution in [0, 0.1) is 6.92 Å². The maximum atomic E-state index is 6.04. The molecule has 2 aromatic rings. The average molecular weight is 245 g/mol. The van der Waals surface area contributed by atoms with Gasteiger partial charge in [0.25, 0.3) is 0 Å². The standard InChI is InChI=1S/C13H19N5/c1-4-18-13(12(14)10(3)17-18)16-9(2)11-7-5-6-8-15-11/h5-9,16H,4,14H2,1-3H3. The summed E-state index contributed by atoms with van der Waals surface area (Å²) in [5.41, 5.74) is 8.59. The quantitative estimate of drug-likeness (QED) is 0.867. The lowest BCUT2D eigenvalue weighted by Crippen LogP contribution is -2.13. The number of nitrogen functional groups attached to an aromatic ring is 1. The molecule has 0 aliphatic heterocycles. The largest absolute Gasteiger partial charge is 0.394 e. The Morgan fingerprint density at radius 3 is 2.83 bits per heavy atom. The third kappa shape index (κ3) is 2.30. The molecule has 2 heterocycles. The minimum atomic E-state index is 0.0925. The van der Waals surface area contributed by atoms with E-state index in [-0.39, 0.29) is 6.04 Å². The van der Waals surface area contributed by atoms with E-state index in [1.807, 2.05) is 36.7 Å². The Morgan fingerprint density at radius 1 is 1.44 bits per heavy atom. The number of hydrogen-bond acceptors (Lipinski definition) is 4. The monoisotopic (exact) mass is 245 g/mol. The minimum Gasteiger partial charge on any atom is -0.394 e. The van der Waals surface area contributed by atoms with E-state index in [1.165, 1.54) is 0 Å². The van der Waals surface area contributed by atoms with Gasteiger partial charge in [-0.3, -0.25) is 4.98 Å². The molecule has 18 heavy (non-hydrogen) atoms. The van der Waals surface area contributed by atoms with Gasteiger partial charge in [-0.15, -0.1) is 0 Å². The fourth-order valence-electron chi connectivity index (χ4n) is 1.89. The molecule has 0 saturated heterocycles. The summed E-state index contributed by atoms with van der Waals surface area (Å²) in [4.78, 5) is 4.33. The number of aryl methyl sites for hydroxylation is 2. The van der Waals surface area contributed by atoms with Crippen LogP contribution in [0.25, 0.3) is 0 Å². The number of aromatic nitrogens is 3. The van der Waals surface area contributed by atoms with E-state index in [0.29, 0.717) is 5.69 Å². The lowest BCUT2D eigenvalue weighted by molar-refractivity contribution is 0.650. The van der Waals surface area contributed by atoms with E-state index < -0.39 is 0 Å². The second-order valence-corrected chi connectivity index (χ2v) is 4.28. The van der Waals surface area contributed by atoms with Crippen molar-refractivity contribution >= 4 is 11.5 Å². The highest BCUT2D eigenvalue weighted by atomic mass is 15.3. The molecule has 5 nitrogen and oxygen atoms in total. The van der Waals surface area contributed by atoms with Gasteiger partial charge in [0.05, 0.1) is 23.1 Å². The number of nitrogens with zero attached hydrogens (tertiary/aromatic N) is 3. The van der Waals surface area contributed by atoms with Gasteiger partial charge in [0, 0.05) is 12.7 Å². The van der Waals surface area contributed by atoms with Gasteiger partial charge in [-0.05, 0) is 32.9 Å². The first-order valence-electron chi connectivity index (χ1n) is 6.13. The van der Waals surface area contributed by atoms with Crippen LogP contribution < -0.4 is 11.1 Å². The molecule has 0 amide bonds. The summed E-state index contributed by atoms with van der Waals surface area (Å²) in [5, 5.41) is 7.76. The van der Waals surface area contributed by atoms with Crippen molar-refractivity contribution in [3.05, 3.63) is 35.8 Å². The Bertz CT molecular complexity index is 518. The average Bonchev–Trinajstić information content (AvgIpc) is 2.67. The molecule has 0 fully saturated rings. The molecular formula is C13H19N5. The van der Waals surface area contributed by atoms with Crippen molar-refractivity contribution in [3.63, 3.8) is 0 Å². The zero-order chi connectivity index (χ0) is 13.1. The lowest BCUT2D eigenvalue weighted by Gasteiger charge is -2.16. The van der Waals surface area contributed by atoms with Crippen LogP contribution >= 0.6 is 0 Å². The number of nitrogens with one attached hydrogen (secondary N) is 1. The normalized spacial score (nSPS) is 12.4. The predicted molar refractivity (Wildman–Crippen MR) is 73.3 cm³/mol. The van der Waals surface area contributed by atoms with Gasteiger partial charge in [-0.1, -0.05) is 6.07 Å². The van der Waals surface area contributed by atoms with Crippen LogP contribution in [0.5, 0.6) is 0 Å². The number of nitrogens with two attached hydrogens (primary N) is 1. The van der Waals surface area contributed by atoms with Gasteiger partial charge < -0.3 is 11.1 Å². The molecule has 1 unspecified atom stereocenters. The van der Waals surface area contributed by atoms with Crippen LogP contribution in [0.3, 0.4) is 0 Å². The van der Waals surface area contributed by atoms with E-state index in [2.05, 4.69) is 22.3 Å². The molecular weight excluding hydrogens is 226 g/mol. The van der Waals surface area contributed by atoms with Crippen LogP contribution in [0.4, 0.5) is 11.5 Å². The van der Waals surface area contributed by atoms with E-state index in [4.69, 9.17) is 5.73 Å². The third-order valence-corrected chi connectivity index (χ3v) is 2.96. The van der Waals surface area contributed by atoms with Crippen LogP contribution in [0.15, 0.2) is 24.4 Å². The molecule has 3 N–H and O–H groups in total. The van der Waals surface area contributed by atoms with Crippen LogP contribution in [-0.2, 0) is 6.54 Å².